The number of hydrazine groups is 1. The quantitative estimate of drug-likeness (QED) is 0.788. The van der Waals surface area contributed by atoms with Crippen LogP contribution in [0.3, 0.4) is 0 Å². The molecule has 0 bridgehead atoms. The maximum absolute atomic E-state index is 11.4. The SMILES string of the molecule is CC1CCCC(C)N1NC1CCS(=O)(=O)C1. The van der Waals surface area contributed by atoms with Crippen LogP contribution in [0.15, 0.2) is 0 Å². The van der Waals surface area contributed by atoms with Crippen molar-refractivity contribution in [2.24, 2.45) is 0 Å². The van der Waals surface area contributed by atoms with E-state index in [-0.39, 0.29) is 6.04 Å². The Morgan fingerprint density at radius 3 is 2.25 bits per heavy atom. The molecule has 94 valence electrons. The zero-order chi connectivity index (χ0) is 11.8. The fourth-order valence-electron chi connectivity index (χ4n) is 2.78. The van der Waals surface area contributed by atoms with Crippen molar-refractivity contribution in [1.82, 2.24) is 10.4 Å². The molecule has 3 atom stereocenters. The van der Waals surface area contributed by atoms with Gasteiger partial charge in [0.1, 0.15) is 0 Å². The van der Waals surface area contributed by atoms with Crippen molar-refractivity contribution in [2.45, 2.75) is 57.7 Å². The smallest absolute Gasteiger partial charge is 0.151 e. The van der Waals surface area contributed by atoms with Crippen molar-refractivity contribution in [3.05, 3.63) is 0 Å². The number of sulfone groups is 1. The summed E-state index contributed by atoms with van der Waals surface area (Å²) < 4.78 is 22.8. The topological polar surface area (TPSA) is 49.4 Å². The first kappa shape index (κ1) is 12.3. The summed E-state index contributed by atoms with van der Waals surface area (Å²) in [5.41, 5.74) is 3.43. The lowest BCUT2D eigenvalue weighted by Gasteiger charge is -2.40. The van der Waals surface area contributed by atoms with Gasteiger partial charge in [-0.1, -0.05) is 6.42 Å². The summed E-state index contributed by atoms with van der Waals surface area (Å²) in [6, 6.07) is 1.17. The zero-order valence-corrected chi connectivity index (χ0v) is 11.0. The third-order valence-electron chi connectivity index (χ3n) is 3.76. The molecule has 0 aromatic carbocycles. The second kappa shape index (κ2) is 4.63. The fraction of sp³-hybridized carbons (Fsp3) is 1.00. The Bertz CT molecular complexity index is 332. The van der Waals surface area contributed by atoms with E-state index in [2.05, 4.69) is 24.3 Å². The Balaban J connectivity index is 1.93. The van der Waals surface area contributed by atoms with Gasteiger partial charge in [0.2, 0.25) is 0 Å². The molecule has 4 nitrogen and oxygen atoms in total. The summed E-state index contributed by atoms with van der Waals surface area (Å²) in [6.45, 7) is 4.43. The number of hydrogen-bond donors (Lipinski definition) is 1. The number of hydrogen-bond acceptors (Lipinski definition) is 4. The van der Waals surface area contributed by atoms with Crippen LogP contribution in [0.1, 0.15) is 39.5 Å². The summed E-state index contributed by atoms with van der Waals surface area (Å²) >= 11 is 0. The molecule has 2 fully saturated rings. The lowest BCUT2D eigenvalue weighted by molar-refractivity contribution is 0.0334. The van der Waals surface area contributed by atoms with Gasteiger partial charge in [0, 0.05) is 18.1 Å². The molecular formula is C11H22N2O2S. The molecule has 0 aromatic heterocycles. The van der Waals surface area contributed by atoms with E-state index in [4.69, 9.17) is 0 Å². The van der Waals surface area contributed by atoms with Gasteiger partial charge in [-0.05, 0) is 33.1 Å². The summed E-state index contributed by atoms with van der Waals surface area (Å²) in [7, 11) is -2.77. The van der Waals surface area contributed by atoms with Crippen molar-refractivity contribution in [3.63, 3.8) is 0 Å². The maximum Gasteiger partial charge on any atom is 0.151 e. The first-order chi connectivity index (χ1) is 7.48. The summed E-state index contributed by atoms with van der Waals surface area (Å²) in [5, 5.41) is 2.27. The highest BCUT2D eigenvalue weighted by atomic mass is 32.2. The van der Waals surface area contributed by atoms with Crippen LogP contribution in [-0.2, 0) is 9.84 Å². The molecule has 0 amide bonds. The Morgan fingerprint density at radius 2 is 1.75 bits per heavy atom. The Labute approximate surface area is 98.3 Å². The number of piperidine rings is 1. The Kier molecular flexibility index (Phi) is 3.56. The van der Waals surface area contributed by atoms with Crippen LogP contribution >= 0.6 is 0 Å². The molecule has 0 spiro atoms. The van der Waals surface area contributed by atoms with Gasteiger partial charge in [0.15, 0.2) is 9.84 Å². The summed E-state index contributed by atoms with van der Waals surface area (Å²) in [5.74, 6) is 0.657. The molecule has 0 aromatic rings. The second-order valence-corrected chi connectivity index (χ2v) is 7.49. The van der Waals surface area contributed by atoms with E-state index in [9.17, 15) is 8.42 Å². The molecule has 2 aliphatic heterocycles. The van der Waals surface area contributed by atoms with E-state index in [1.807, 2.05) is 0 Å². The highest BCUT2D eigenvalue weighted by molar-refractivity contribution is 7.91. The molecule has 2 aliphatic rings. The van der Waals surface area contributed by atoms with E-state index in [0.717, 1.165) is 6.42 Å². The molecular weight excluding hydrogens is 224 g/mol. The molecule has 5 heteroatoms. The van der Waals surface area contributed by atoms with E-state index in [0.29, 0.717) is 23.6 Å². The van der Waals surface area contributed by atoms with Crippen molar-refractivity contribution in [1.29, 1.82) is 0 Å². The van der Waals surface area contributed by atoms with Gasteiger partial charge in [0.25, 0.3) is 0 Å². The molecule has 0 radical (unpaired) electrons. The maximum atomic E-state index is 11.4. The average molecular weight is 246 g/mol. The minimum Gasteiger partial charge on any atom is -0.251 e. The van der Waals surface area contributed by atoms with E-state index >= 15 is 0 Å². The largest absolute Gasteiger partial charge is 0.251 e. The lowest BCUT2D eigenvalue weighted by atomic mass is 10.00. The highest BCUT2D eigenvalue weighted by Crippen LogP contribution is 2.22. The molecule has 3 unspecified atom stereocenters. The molecule has 0 aliphatic carbocycles. The molecule has 1 N–H and O–H groups in total. The molecule has 2 heterocycles. The second-order valence-electron chi connectivity index (χ2n) is 5.27. The molecule has 2 rings (SSSR count). The minimum absolute atomic E-state index is 0.132. The first-order valence-corrected chi connectivity index (χ1v) is 8.05. The van der Waals surface area contributed by atoms with Crippen LogP contribution < -0.4 is 5.43 Å². The van der Waals surface area contributed by atoms with Crippen LogP contribution in [0, 0.1) is 0 Å². The van der Waals surface area contributed by atoms with Crippen LogP contribution in [0.2, 0.25) is 0 Å². The monoisotopic (exact) mass is 246 g/mol. The zero-order valence-electron chi connectivity index (χ0n) is 10.1. The third kappa shape index (κ3) is 2.76. The Hall–Kier alpha value is -0.130. The van der Waals surface area contributed by atoms with Gasteiger partial charge in [0.05, 0.1) is 11.5 Å². The van der Waals surface area contributed by atoms with E-state index < -0.39 is 9.84 Å². The average Bonchev–Trinajstić information content (AvgIpc) is 2.52. The van der Waals surface area contributed by atoms with Crippen molar-refractivity contribution >= 4 is 9.84 Å². The van der Waals surface area contributed by atoms with Gasteiger partial charge >= 0.3 is 0 Å². The predicted molar refractivity (Wildman–Crippen MR) is 64.8 cm³/mol. The van der Waals surface area contributed by atoms with Gasteiger partial charge in [-0.2, -0.15) is 0 Å². The lowest BCUT2D eigenvalue weighted by Crippen LogP contribution is -2.55. The molecule has 0 saturated carbocycles. The highest BCUT2D eigenvalue weighted by Gasteiger charge is 2.32. The van der Waals surface area contributed by atoms with E-state index in [1.54, 1.807) is 0 Å². The first-order valence-electron chi connectivity index (χ1n) is 6.23. The number of nitrogens with one attached hydrogen (secondary N) is 1. The van der Waals surface area contributed by atoms with E-state index in [1.165, 1.54) is 19.3 Å². The number of nitrogens with zero attached hydrogens (tertiary/aromatic N) is 1. The van der Waals surface area contributed by atoms with Crippen LogP contribution in [0.4, 0.5) is 0 Å². The standard InChI is InChI=1S/C11H22N2O2S/c1-9-4-3-5-10(2)13(9)12-11-6-7-16(14,15)8-11/h9-12H,3-8H2,1-2H3. The fourth-order valence-corrected chi connectivity index (χ4v) is 4.45. The Morgan fingerprint density at radius 1 is 1.12 bits per heavy atom. The summed E-state index contributed by atoms with van der Waals surface area (Å²) in [4.78, 5) is 0. The molecule has 2 saturated heterocycles. The predicted octanol–water partition coefficient (Wildman–Crippen LogP) is 0.941. The van der Waals surface area contributed by atoms with Gasteiger partial charge < -0.3 is 0 Å². The normalized spacial score (nSPS) is 40.0. The minimum atomic E-state index is -2.77. The third-order valence-corrected chi connectivity index (χ3v) is 5.53. The van der Waals surface area contributed by atoms with Gasteiger partial charge in [-0.25, -0.2) is 13.4 Å². The van der Waals surface area contributed by atoms with Gasteiger partial charge in [-0.15, -0.1) is 0 Å². The summed E-state index contributed by atoms with van der Waals surface area (Å²) in [6.07, 6.45) is 4.45. The van der Waals surface area contributed by atoms with Crippen molar-refractivity contribution < 1.29 is 8.42 Å². The number of rotatable bonds is 2. The van der Waals surface area contributed by atoms with Crippen LogP contribution in [-0.4, -0.2) is 43.1 Å². The van der Waals surface area contributed by atoms with Crippen LogP contribution in [0.25, 0.3) is 0 Å². The van der Waals surface area contributed by atoms with Crippen molar-refractivity contribution in [2.75, 3.05) is 11.5 Å². The van der Waals surface area contributed by atoms with Gasteiger partial charge in [-0.3, -0.25) is 5.43 Å². The van der Waals surface area contributed by atoms with Crippen molar-refractivity contribution in [3.8, 4) is 0 Å². The van der Waals surface area contributed by atoms with Crippen LogP contribution in [0.5, 0.6) is 0 Å². The molecule has 16 heavy (non-hydrogen) atoms.